The number of carbonyl (C=O) groups is 2. The molecule has 0 saturated heterocycles. The molecule has 2 aromatic rings. The zero-order valence-electron chi connectivity index (χ0n) is 13.9. The van der Waals surface area contributed by atoms with Gasteiger partial charge in [0.15, 0.2) is 0 Å². The van der Waals surface area contributed by atoms with Crippen LogP contribution in [0.4, 0.5) is 17.1 Å². The average Bonchev–Trinajstić information content (AvgIpc) is 2.57. The van der Waals surface area contributed by atoms with E-state index in [1.165, 1.54) is 0 Å². The first-order valence-electron chi connectivity index (χ1n) is 7.75. The number of amides is 2. The Morgan fingerprint density at radius 1 is 1.00 bits per heavy atom. The van der Waals surface area contributed by atoms with E-state index in [-0.39, 0.29) is 24.3 Å². The smallest absolute Gasteiger partial charge is 0.243 e. The summed E-state index contributed by atoms with van der Waals surface area (Å²) in [6, 6.07) is 12.2. The van der Waals surface area contributed by atoms with Crippen LogP contribution < -0.4 is 16.0 Å². The largest absolute Gasteiger partial charge is 0.376 e. The fourth-order valence-corrected chi connectivity index (χ4v) is 2.32. The second kappa shape index (κ2) is 8.74. The molecule has 0 aliphatic rings. The summed E-state index contributed by atoms with van der Waals surface area (Å²) in [5.41, 5.74) is 1.84. The monoisotopic (exact) mass is 379 g/mol. The van der Waals surface area contributed by atoms with E-state index >= 15 is 0 Å². The summed E-state index contributed by atoms with van der Waals surface area (Å²) in [7, 11) is 0. The molecule has 7 heteroatoms. The first kappa shape index (κ1) is 19.1. The molecule has 0 heterocycles. The van der Waals surface area contributed by atoms with Gasteiger partial charge in [0.2, 0.25) is 11.8 Å². The quantitative estimate of drug-likeness (QED) is 0.684. The Kier molecular flexibility index (Phi) is 6.67. The van der Waals surface area contributed by atoms with Crippen LogP contribution in [0.2, 0.25) is 10.0 Å². The average molecular weight is 380 g/mol. The normalized spacial score (nSPS) is 10.4. The van der Waals surface area contributed by atoms with Gasteiger partial charge in [0.05, 0.1) is 22.3 Å². The van der Waals surface area contributed by atoms with Crippen LogP contribution in [0.1, 0.15) is 13.8 Å². The number of benzene rings is 2. The van der Waals surface area contributed by atoms with Crippen LogP contribution >= 0.6 is 23.2 Å². The predicted molar refractivity (Wildman–Crippen MR) is 103 cm³/mol. The third-order valence-electron chi connectivity index (χ3n) is 3.33. The summed E-state index contributed by atoms with van der Waals surface area (Å²) in [6.45, 7) is 3.69. The molecule has 0 radical (unpaired) electrons. The van der Waals surface area contributed by atoms with Gasteiger partial charge in [-0.2, -0.15) is 0 Å². The van der Waals surface area contributed by atoms with E-state index in [1.807, 2.05) is 19.9 Å². The molecule has 2 aromatic carbocycles. The SMILES string of the molecule is CC(C)C(=O)Nc1cccc(NCC(=O)Nc2cccc(Cl)c2Cl)c1. The molecule has 2 rings (SSSR count). The molecule has 0 saturated carbocycles. The minimum atomic E-state index is -0.263. The van der Waals surface area contributed by atoms with Crippen molar-refractivity contribution in [2.45, 2.75) is 13.8 Å². The Morgan fingerprint density at radius 3 is 2.40 bits per heavy atom. The van der Waals surface area contributed by atoms with E-state index in [9.17, 15) is 9.59 Å². The van der Waals surface area contributed by atoms with Gasteiger partial charge in [0.1, 0.15) is 0 Å². The Labute approximate surface area is 156 Å². The molecule has 0 aromatic heterocycles. The fraction of sp³-hybridized carbons (Fsp3) is 0.222. The molecule has 0 unspecified atom stereocenters. The van der Waals surface area contributed by atoms with Crippen LogP contribution in [0.25, 0.3) is 0 Å². The Balaban J connectivity index is 1.93. The van der Waals surface area contributed by atoms with Crippen LogP contribution in [0.3, 0.4) is 0 Å². The Hall–Kier alpha value is -2.24. The third-order valence-corrected chi connectivity index (χ3v) is 4.15. The first-order valence-corrected chi connectivity index (χ1v) is 8.51. The zero-order chi connectivity index (χ0) is 18.4. The molecule has 132 valence electrons. The van der Waals surface area contributed by atoms with E-state index in [0.717, 1.165) is 0 Å². The molecule has 0 bridgehead atoms. The lowest BCUT2D eigenvalue weighted by molar-refractivity contribution is -0.119. The molecule has 0 aliphatic heterocycles. The van der Waals surface area contributed by atoms with Crippen molar-refractivity contribution in [1.82, 2.24) is 0 Å². The van der Waals surface area contributed by atoms with Crippen molar-refractivity contribution in [2.75, 3.05) is 22.5 Å². The van der Waals surface area contributed by atoms with E-state index in [0.29, 0.717) is 27.1 Å². The van der Waals surface area contributed by atoms with Crippen molar-refractivity contribution in [3.63, 3.8) is 0 Å². The van der Waals surface area contributed by atoms with Crippen LogP contribution in [-0.4, -0.2) is 18.4 Å². The van der Waals surface area contributed by atoms with E-state index in [1.54, 1.807) is 36.4 Å². The first-order chi connectivity index (χ1) is 11.9. The summed E-state index contributed by atoms with van der Waals surface area (Å²) >= 11 is 12.0. The van der Waals surface area contributed by atoms with Gasteiger partial charge < -0.3 is 16.0 Å². The van der Waals surface area contributed by atoms with Crippen molar-refractivity contribution in [3.8, 4) is 0 Å². The summed E-state index contributed by atoms with van der Waals surface area (Å²) in [5.74, 6) is -0.434. The zero-order valence-corrected chi connectivity index (χ0v) is 15.4. The number of anilines is 3. The second-order valence-corrected chi connectivity index (χ2v) is 6.51. The number of hydrogen-bond acceptors (Lipinski definition) is 3. The summed E-state index contributed by atoms with van der Waals surface area (Å²) in [6.07, 6.45) is 0. The number of carbonyl (C=O) groups excluding carboxylic acids is 2. The molecule has 0 fully saturated rings. The summed E-state index contributed by atoms with van der Waals surface area (Å²) in [4.78, 5) is 23.8. The van der Waals surface area contributed by atoms with Gasteiger partial charge in [-0.25, -0.2) is 0 Å². The van der Waals surface area contributed by atoms with E-state index in [2.05, 4.69) is 16.0 Å². The molecule has 0 aliphatic carbocycles. The van der Waals surface area contributed by atoms with Crippen LogP contribution in [-0.2, 0) is 9.59 Å². The topological polar surface area (TPSA) is 70.2 Å². The summed E-state index contributed by atoms with van der Waals surface area (Å²) < 4.78 is 0. The van der Waals surface area contributed by atoms with Crippen LogP contribution in [0, 0.1) is 5.92 Å². The van der Waals surface area contributed by atoms with Crippen LogP contribution in [0.15, 0.2) is 42.5 Å². The lowest BCUT2D eigenvalue weighted by Crippen LogP contribution is -2.22. The van der Waals surface area contributed by atoms with Gasteiger partial charge in [-0.1, -0.05) is 49.2 Å². The maximum Gasteiger partial charge on any atom is 0.243 e. The molecular weight excluding hydrogens is 361 g/mol. The van der Waals surface area contributed by atoms with Crippen molar-refractivity contribution < 1.29 is 9.59 Å². The van der Waals surface area contributed by atoms with Gasteiger partial charge >= 0.3 is 0 Å². The fourth-order valence-electron chi connectivity index (χ4n) is 1.97. The van der Waals surface area contributed by atoms with Crippen molar-refractivity contribution >= 4 is 52.1 Å². The highest BCUT2D eigenvalue weighted by Crippen LogP contribution is 2.29. The van der Waals surface area contributed by atoms with Crippen molar-refractivity contribution in [3.05, 3.63) is 52.5 Å². The highest BCUT2D eigenvalue weighted by atomic mass is 35.5. The number of rotatable bonds is 6. The molecule has 0 spiro atoms. The molecular formula is C18H19Cl2N3O2. The lowest BCUT2D eigenvalue weighted by atomic mass is 10.2. The molecule has 25 heavy (non-hydrogen) atoms. The van der Waals surface area contributed by atoms with Gasteiger partial charge in [-0.15, -0.1) is 0 Å². The van der Waals surface area contributed by atoms with Crippen LogP contribution in [0.5, 0.6) is 0 Å². The molecule has 0 atom stereocenters. The number of nitrogens with one attached hydrogen (secondary N) is 3. The maximum atomic E-state index is 12.1. The van der Waals surface area contributed by atoms with Crippen molar-refractivity contribution in [2.24, 2.45) is 5.92 Å². The third kappa shape index (κ3) is 5.66. The molecule has 2 amide bonds. The van der Waals surface area contributed by atoms with E-state index < -0.39 is 0 Å². The Morgan fingerprint density at radius 2 is 1.68 bits per heavy atom. The highest BCUT2D eigenvalue weighted by molar-refractivity contribution is 6.44. The summed E-state index contributed by atoms with van der Waals surface area (Å²) in [5, 5.41) is 9.19. The number of hydrogen-bond donors (Lipinski definition) is 3. The molecule has 3 N–H and O–H groups in total. The minimum absolute atomic E-state index is 0.0461. The maximum absolute atomic E-state index is 12.1. The second-order valence-electron chi connectivity index (χ2n) is 5.73. The van der Waals surface area contributed by atoms with Gasteiger partial charge in [-0.05, 0) is 30.3 Å². The van der Waals surface area contributed by atoms with Gasteiger partial charge in [-0.3, -0.25) is 9.59 Å². The Bertz CT molecular complexity index is 779. The lowest BCUT2D eigenvalue weighted by Gasteiger charge is -2.12. The predicted octanol–water partition coefficient (Wildman–Crippen LogP) is 4.64. The van der Waals surface area contributed by atoms with Crippen molar-refractivity contribution in [1.29, 1.82) is 0 Å². The minimum Gasteiger partial charge on any atom is -0.376 e. The standard InChI is InChI=1S/C18H19Cl2N3O2/c1-11(2)18(25)22-13-6-3-5-12(9-13)21-10-16(24)23-15-8-4-7-14(19)17(15)20/h3-9,11,21H,10H2,1-2H3,(H,22,25)(H,23,24). The van der Waals surface area contributed by atoms with Gasteiger partial charge in [0.25, 0.3) is 0 Å². The highest BCUT2D eigenvalue weighted by Gasteiger charge is 2.09. The number of halogens is 2. The molecule has 5 nitrogen and oxygen atoms in total. The van der Waals surface area contributed by atoms with Gasteiger partial charge in [0, 0.05) is 17.3 Å². The van der Waals surface area contributed by atoms with E-state index in [4.69, 9.17) is 23.2 Å².